The average molecular weight is 521 g/mol. The fraction of sp³-hybridized carbons (Fsp3) is 0.290. The van der Waals surface area contributed by atoms with Crippen molar-refractivity contribution in [3.63, 3.8) is 0 Å². The number of unbranched alkanes of at least 4 members (excludes halogenated alkanes) is 1. The number of methoxy groups -OCH3 is 5. The summed E-state index contributed by atoms with van der Waals surface area (Å²) in [5.41, 5.74) is 2.99. The van der Waals surface area contributed by atoms with E-state index in [1.807, 2.05) is 72.8 Å². The molecule has 0 amide bonds. The van der Waals surface area contributed by atoms with Crippen LogP contribution in [-0.2, 0) is 11.3 Å². The molecule has 0 aliphatic heterocycles. The predicted molar refractivity (Wildman–Crippen MR) is 150 cm³/mol. The highest BCUT2D eigenvalue weighted by Crippen LogP contribution is 2.38. The van der Waals surface area contributed by atoms with E-state index in [0.717, 1.165) is 35.3 Å². The van der Waals surface area contributed by atoms with Gasteiger partial charge in [0.2, 0.25) is 5.75 Å². The molecule has 0 bridgehead atoms. The summed E-state index contributed by atoms with van der Waals surface area (Å²) in [4.78, 5) is 0. The van der Waals surface area contributed by atoms with Gasteiger partial charge in [-0.25, -0.2) is 0 Å². The molecule has 7 heteroatoms. The zero-order chi connectivity index (χ0) is 27.2. The molecule has 38 heavy (non-hydrogen) atoms. The molecule has 0 aromatic heterocycles. The molecule has 0 radical (unpaired) electrons. The molecule has 7 nitrogen and oxygen atoms in total. The Labute approximate surface area is 225 Å². The van der Waals surface area contributed by atoms with Crippen LogP contribution < -0.4 is 28.4 Å². The van der Waals surface area contributed by atoms with E-state index in [9.17, 15) is 0 Å². The molecule has 202 valence electrons. The first-order chi connectivity index (χ1) is 18.6. The molecule has 3 aromatic rings. The summed E-state index contributed by atoms with van der Waals surface area (Å²) in [6, 6.07) is 17.5. The van der Waals surface area contributed by atoms with Gasteiger partial charge in [0.25, 0.3) is 0 Å². The van der Waals surface area contributed by atoms with Crippen LogP contribution in [0.4, 0.5) is 0 Å². The molecule has 3 aromatic carbocycles. The molecule has 0 unspecified atom stereocenters. The molecular formula is C31H36O7. The van der Waals surface area contributed by atoms with Gasteiger partial charge in [0.1, 0.15) is 5.75 Å². The summed E-state index contributed by atoms with van der Waals surface area (Å²) in [7, 11) is 8.10. The highest BCUT2D eigenvalue weighted by Gasteiger charge is 2.12. The SMILES string of the molecule is COCc1ccc(O/C=C/CCCOc2cc(/C=C\c3cc(OC)c(OC)c(OC)c3)ccc2OC)cc1. The van der Waals surface area contributed by atoms with E-state index in [4.69, 9.17) is 33.2 Å². The van der Waals surface area contributed by atoms with Gasteiger partial charge < -0.3 is 33.2 Å². The Balaban J connectivity index is 1.54. The van der Waals surface area contributed by atoms with Crippen LogP contribution in [0.2, 0.25) is 0 Å². The van der Waals surface area contributed by atoms with Crippen LogP contribution in [0.15, 0.2) is 66.9 Å². The molecule has 0 heterocycles. The zero-order valence-electron chi connectivity index (χ0n) is 22.7. The standard InChI is InChI=1S/C31H36O7/c1-32-22-24-11-14-26(15-12-24)37-17-7-6-8-18-38-28-19-23(13-16-27(28)33-2)9-10-25-20-29(34-3)31(36-5)30(21-25)35-4/h7,9-17,19-21H,6,8,18,22H2,1-5H3/b10-9-,17-7+. The van der Waals surface area contributed by atoms with Crippen LogP contribution in [0.5, 0.6) is 34.5 Å². The monoisotopic (exact) mass is 520 g/mol. The molecule has 3 rings (SSSR count). The van der Waals surface area contributed by atoms with Gasteiger partial charge in [0.05, 0.1) is 47.9 Å². The van der Waals surface area contributed by atoms with E-state index >= 15 is 0 Å². The minimum atomic E-state index is 0.548. The van der Waals surface area contributed by atoms with Crippen LogP contribution in [0.1, 0.15) is 29.5 Å². The first kappa shape index (κ1) is 28.5. The second-order valence-corrected chi connectivity index (χ2v) is 8.26. The van der Waals surface area contributed by atoms with Gasteiger partial charge in [-0.2, -0.15) is 0 Å². The van der Waals surface area contributed by atoms with Crippen LogP contribution in [0, 0.1) is 0 Å². The number of benzene rings is 3. The van der Waals surface area contributed by atoms with Crippen molar-refractivity contribution in [2.45, 2.75) is 19.4 Å². The minimum Gasteiger partial charge on any atom is -0.493 e. The summed E-state index contributed by atoms with van der Waals surface area (Å²) in [5.74, 6) is 3.93. The van der Waals surface area contributed by atoms with Crippen molar-refractivity contribution in [3.8, 4) is 34.5 Å². The second-order valence-electron chi connectivity index (χ2n) is 8.26. The fourth-order valence-corrected chi connectivity index (χ4v) is 3.71. The third kappa shape index (κ3) is 8.21. The second kappa shape index (κ2) is 15.2. The molecule has 0 saturated heterocycles. The average Bonchev–Trinajstić information content (AvgIpc) is 2.95. The van der Waals surface area contributed by atoms with Crippen molar-refractivity contribution < 1.29 is 33.2 Å². The summed E-state index contributed by atoms with van der Waals surface area (Å²) >= 11 is 0. The van der Waals surface area contributed by atoms with E-state index in [2.05, 4.69) is 0 Å². The van der Waals surface area contributed by atoms with Crippen molar-refractivity contribution >= 4 is 12.2 Å². The number of rotatable bonds is 15. The molecule has 0 N–H and O–H groups in total. The van der Waals surface area contributed by atoms with E-state index in [0.29, 0.717) is 42.0 Å². The third-order valence-corrected chi connectivity index (χ3v) is 5.65. The summed E-state index contributed by atoms with van der Waals surface area (Å²) in [5, 5.41) is 0. The van der Waals surface area contributed by atoms with Gasteiger partial charge in [-0.3, -0.25) is 0 Å². The van der Waals surface area contributed by atoms with Crippen molar-refractivity contribution in [2.75, 3.05) is 42.2 Å². The van der Waals surface area contributed by atoms with Gasteiger partial charge in [-0.1, -0.05) is 30.4 Å². The largest absolute Gasteiger partial charge is 0.493 e. The molecule has 0 fully saturated rings. The van der Waals surface area contributed by atoms with Crippen LogP contribution in [0.25, 0.3) is 12.2 Å². The van der Waals surface area contributed by atoms with Crippen molar-refractivity contribution in [1.29, 1.82) is 0 Å². The fourth-order valence-electron chi connectivity index (χ4n) is 3.71. The van der Waals surface area contributed by atoms with Gasteiger partial charge >= 0.3 is 0 Å². The van der Waals surface area contributed by atoms with Gasteiger partial charge in [-0.15, -0.1) is 0 Å². The Kier molecular flexibility index (Phi) is 11.4. The number of ether oxygens (including phenoxy) is 7. The smallest absolute Gasteiger partial charge is 0.203 e. The quantitative estimate of drug-likeness (QED) is 0.124. The summed E-state index contributed by atoms with van der Waals surface area (Å²) in [6.45, 7) is 1.14. The first-order valence-electron chi connectivity index (χ1n) is 12.3. The summed E-state index contributed by atoms with van der Waals surface area (Å²) < 4.78 is 38.6. The molecule has 0 atom stereocenters. The van der Waals surface area contributed by atoms with Crippen LogP contribution in [0.3, 0.4) is 0 Å². The lowest BCUT2D eigenvalue weighted by Crippen LogP contribution is -1.99. The van der Waals surface area contributed by atoms with Crippen LogP contribution >= 0.6 is 0 Å². The Morgan fingerprint density at radius 2 is 1.32 bits per heavy atom. The van der Waals surface area contributed by atoms with Gasteiger partial charge in [0.15, 0.2) is 23.0 Å². The first-order valence-corrected chi connectivity index (χ1v) is 12.3. The van der Waals surface area contributed by atoms with E-state index in [1.165, 1.54) is 0 Å². The molecule has 0 aliphatic carbocycles. The highest BCUT2D eigenvalue weighted by molar-refractivity contribution is 5.73. The molecule has 0 aliphatic rings. The predicted octanol–water partition coefficient (Wildman–Crippen LogP) is 6.79. The van der Waals surface area contributed by atoms with E-state index in [-0.39, 0.29) is 0 Å². The Morgan fingerprint density at radius 1 is 0.658 bits per heavy atom. The Morgan fingerprint density at radius 3 is 1.95 bits per heavy atom. The lowest BCUT2D eigenvalue weighted by atomic mass is 10.1. The lowest BCUT2D eigenvalue weighted by molar-refractivity contribution is 0.185. The normalized spacial score (nSPS) is 11.1. The van der Waals surface area contributed by atoms with Crippen molar-refractivity contribution in [1.82, 2.24) is 0 Å². The van der Waals surface area contributed by atoms with Gasteiger partial charge in [0, 0.05) is 7.11 Å². The maximum absolute atomic E-state index is 6.02. The maximum Gasteiger partial charge on any atom is 0.203 e. The minimum absolute atomic E-state index is 0.548. The maximum atomic E-state index is 6.02. The third-order valence-electron chi connectivity index (χ3n) is 5.65. The zero-order valence-corrected chi connectivity index (χ0v) is 22.7. The van der Waals surface area contributed by atoms with Gasteiger partial charge in [-0.05, 0) is 72.0 Å². The molecule has 0 spiro atoms. The molecular weight excluding hydrogens is 484 g/mol. The van der Waals surface area contributed by atoms with Crippen molar-refractivity contribution in [2.24, 2.45) is 0 Å². The van der Waals surface area contributed by atoms with Crippen LogP contribution in [-0.4, -0.2) is 42.2 Å². The van der Waals surface area contributed by atoms with Crippen molar-refractivity contribution in [3.05, 3.63) is 83.6 Å². The van der Waals surface area contributed by atoms with E-state index < -0.39 is 0 Å². The summed E-state index contributed by atoms with van der Waals surface area (Å²) in [6.07, 6.45) is 9.33. The number of allylic oxidation sites excluding steroid dienone is 1. The number of hydrogen-bond acceptors (Lipinski definition) is 7. The number of hydrogen-bond donors (Lipinski definition) is 0. The topological polar surface area (TPSA) is 64.6 Å². The Hall–Kier alpha value is -4.10. The highest BCUT2D eigenvalue weighted by atomic mass is 16.5. The Bertz CT molecular complexity index is 1170. The van der Waals surface area contributed by atoms with E-state index in [1.54, 1.807) is 41.8 Å². The molecule has 0 saturated carbocycles. The lowest BCUT2D eigenvalue weighted by Gasteiger charge is -2.13.